The molecule has 1 atom stereocenters. The molecule has 16 heavy (non-hydrogen) atoms. The summed E-state index contributed by atoms with van der Waals surface area (Å²) in [5, 5.41) is 3.03. The molecule has 1 unspecified atom stereocenters. The molecular weight excluding hydrogens is 237 g/mol. The van der Waals surface area contributed by atoms with Gasteiger partial charge in [0, 0.05) is 26.2 Å². The van der Waals surface area contributed by atoms with Crippen LogP contribution in [0.2, 0.25) is 19.6 Å². The third-order valence-electron chi connectivity index (χ3n) is 2.23. The van der Waals surface area contributed by atoms with E-state index in [1.807, 2.05) is 0 Å². The molecule has 1 saturated heterocycles. The summed E-state index contributed by atoms with van der Waals surface area (Å²) in [6, 6.07) is 0. The van der Waals surface area contributed by atoms with E-state index in [1.165, 1.54) is 4.90 Å². The molecule has 0 bridgehead atoms. The second-order valence-corrected chi connectivity index (χ2v) is 9.37. The summed E-state index contributed by atoms with van der Waals surface area (Å²) in [7, 11) is -2.20. The first-order valence-electron chi connectivity index (χ1n) is 5.39. The largest absolute Gasteiger partial charge is 0.427 e. The van der Waals surface area contributed by atoms with Gasteiger partial charge < -0.3 is 9.74 Å². The molecule has 1 heterocycles. The van der Waals surface area contributed by atoms with Crippen molar-refractivity contribution in [2.45, 2.75) is 32.0 Å². The van der Waals surface area contributed by atoms with Crippen molar-refractivity contribution in [1.29, 1.82) is 0 Å². The Hall–Kier alpha value is -0.113. The van der Waals surface area contributed by atoms with Gasteiger partial charge in [0.25, 0.3) is 0 Å². The van der Waals surface area contributed by atoms with Crippen LogP contribution in [0.25, 0.3) is 0 Å². The zero-order chi connectivity index (χ0) is 12.4. The molecule has 1 fully saturated rings. The Kier molecular flexibility index (Phi) is 4.39. The number of piperazine rings is 1. The molecule has 1 aliphatic heterocycles. The molecule has 0 saturated carbocycles. The van der Waals surface area contributed by atoms with Crippen LogP contribution in [0.4, 0.5) is 13.2 Å². The average molecular weight is 256 g/mol. The van der Waals surface area contributed by atoms with Crippen molar-refractivity contribution in [3.05, 3.63) is 0 Å². The lowest BCUT2D eigenvalue weighted by atomic mass is 10.3. The molecule has 0 aromatic heterocycles. The molecule has 0 aliphatic carbocycles. The number of rotatable bonds is 3. The van der Waals surface area contributed by atoms with E-state index in [-0.39, 0.29) is 0 Å². The number of alkyl halides is 3. The van der Waals surface area contributed by atoms with Gasteiger partial charge in [-0.1, -0.05) is 0 Å². The number of hydrogen-bond donors (Lipinski definition) is 1. The van der Waals surface area contributed by atoms with Gasteiger partial charge in [-0.05, 0) is 19.6 Å². The van der Waals surface area contributed by atoms with E-state index in [4.69, 9.17) is 4.43 Å². The third-order valence-corrected chi connectivity index (χ3v) is 3.16. The topological polar surface area (TPSA) is 24.5 Å². The van der Waals surface area contributed by atoms with Gasteiger partial charge in [0.05, 0.1) is 0 Å². The van der Waals surface area contributed by atoms with Crippen molar-refractivity contribution in [2.24, 2.45) is 0 Å². The van der Waals surface area contributed by atoms with Gasteiger partial charge >= 0.3 is 6.18 Å². The third kappa shape index (κ3) is 4.40. The second-order valence-electron chi connectivity index (χ2n) is 4.91. The highest BCUT2D eigenvalue weighted by molar-refractivity contribution is 6.69. The minimum atomic E-state index is -4.31. The summed E-state index contributed by atoms with van der Waals surface area (Å²) in [4.78, 5) is 1.37. The lowest BCUT2D eigenvalue weighted by Crippen LogP contribution is -2.57. The Balaban J connectivity index is 2.70. The predicted molar refractivity (Wildman–Crippen MR) is 58.7 cm³/mol. The van der Waals surface area contributed by atoms with Gasteiger partial charge in [0.15, 0.2) is 14.5 Å². The van der Waals surface area contributed by atoms with Crippen molar-refractivity contribution in [3.8, 4) is 0 Å². The Morgan fingerprint density at radius 1 is 1.19 bits per heavy atom. The highest BCUT2D eigenvalue weighted by atomic mass is 28.4. The molecule has 0 aromatic carbocycles. The molecule has 0 radical (unpaired) electrons. The van der Waals surface area contributed by atoms with Crippen molar-refractivity contribution >= 4 is 8.32 Å². The summed E-state index contributed by atoms with van der Waals surface area (Å²) in [5.74, 6) is 0. The lowest BCUT2D eigenvalue weighted by Gasteiger charge is -2.38. The fourth-order valence-corrected chi connectivity index (χ4v) is 2.55. The minimum absolute atomic E-state index is 0.384. The minimum Gasteiger partial charge on any atom is -0.395 e. The van der Waals surface area contributed by atoms with Gasteiger partial charge in [0.2, 0.25) is 0 Å². The summed E-state index contributed by atoms with van der Waals surface area (Å²) < 4.78 is 43.9. The quantitative estimate of drug-likeness (QED) is 0.777. The van der Waals surface area contributed by atoms with E-state index >= 15 is 0 Å². The zero-order valence-corrected chi connectivity index (χ0v) is 10.9. The fraction of sp³-hybridized carbons (Fsp3) is 1.00. The maximum atomic E-state index is 12.9. The molecule has 0 spiro atoms. The zero-order valence-electron chi connectivity index (χ0n) is 9.90. The van der Waals surface area contributed by atoms with Crippen LogP contribution in [0, 0.1) is 0 Å². The van der Waals surface area contributed by atoms with Gasteiger partial charge in [0.1, 0.15) is 0 Å². The van der Waals surface area contributed by atoms with Gasteiger partial charge in [-0.25, -0.2) is 0 Å². The average Bonchev–Trinajstić information content (AvgIpc) is 2.13. The molecule has 96 valence electrons. The van der Waals surface area contributed by atoms with E-state index in [1.54, 1.807) is 19.6 Å². The Labute approximate surface area is 95.1 Å². The Morgan fingerprint density at radius 2 is 1.69 bits per heavy atom. The van der Waals surface area contributed by atoms with Crippen molar-refractivity contribution in [2.75, 3.05) is 26.2 Å². The lowest BCUT2D eigenvalue weighted by molar-refractivity contribution is -0.244. The molecule has 0 aromatic rings. The normalized spacial score (nSPS) is 22.1. The first-order valence-corrected chi connectivity index (χ1v) is 8.80. The van der Waals surface area contributed by atoms with Crippen LogP contribution in [0.5, 0.6) is 0 Å². The number of nitrogens with zero attached hydrogens (tertiary/aromatic N) is 1. The molecule has 7 heteroatoms. The molecule has 1 rings (SSSR count). The van der Waals surface area contributed by atoms with Crippen molar-refractivity contribution in [1.82, 2.24) is 10.2 Å². The van der Waals surface area contributed by atoms with Crippen LogP contribution in [0.3, 0.4) is 0 Å². The monoisotopic (exact) mass is 256 g/mol. The second kappa shape index (κ2) is 5.03. The van der Waals surface area contributed by atoms with Gasteiger partial charge in [-0.3, -0.25) is 4.90 Å². The maximum Gasteiger partial charge on any atom is 0.427 e. The van der Waals surface area contributed by atoms with Gasteiger partial charge in [-0.2, -0.15) is 13.2 Å². The molecule has 0 amide bonds. The predicted octanol–water partition coefficient (Wildman–Crippen LogP) is 1.63. The van der Waals surface area contributed by atoms with Crippen molar-refractivity contribution in [3.63, 3.8) is 0 Å². The summed E-state index contributed by atoms with van der Waals surface area (Å²) in [6.45, 7) is 7.25. The highest BCUT2D eigenvalue weighted by Gasteiger charge is 2.46. The van der Waals surface area contributed by atoms with Crippen LogP contribution >= 0.6 is 0 Å². The van der Waals surface area contributed by atoms with E-state index in [2.05, 4.69) is 5.32 Å². The number of nitrogens with one attached hydrogen (secondary N) is 1. The smallest absolute Gasteiger partial charge is 0.395 e. The van der Waals surface area contributed by atoms with Crippen LogP contribution in [-0.2, 0) is 4.43 Å². The van der Waals surface area contributed by atoms with Crippen LogP contribution in [-0.4, -0.2) is 51.8 Å². The molecule has 1 N–H and O–H groups in total. The van der Waals surface area contributed by atoms with E-state index in [9.17, 15) is 13.2 Å². The van der Waals surface area contributed by atoms with Crippen LogP contribution < -0.4 is 5.32 Å². The Bertz CT molecular complexity index is 224. The van der Waals surface area contributed by atoms with Crippen molar-refractivity contribution < 1.29 is 17.6 Å². The first-order chi connectivity index (χ1) is 7.20. The molecule has 3 nitrogen and oxygen atoms in total. The maximum absolute atomic E-state index is 12.9. The molecular formula is C9H19F3N2OSi. The van der Waals surface area contributed by atoms with E-state index in [0.29, 0.717) is 26.2 Å². The van der Waals surface area contributed by atoms with Gasteiger partial charge in [-0.15, -0.1) is 0 Å². The van der Waals surface area contributed by atoms with Crippen LogP contribution in [0.15, 0.2) is 0 Å². The first kappa shape index (κ1) is 13.9. The van der Waals surface area contributed by atoms with E-state index in [0.717, 1.165) is 0 Å². The number of halogens is 3. The SMILES string of the molecule is C[Si](C)(C)OC(N1CCNCC1)C(F)(F)F. The van der Waals surface area contributed by atoms with Crippen LogP contribution in [0.1, 0.15) is 0 Å². The summed E-state index contributed by atoms with van der Waals surface area (Å²) in [5.41, 5.74) is 0. The fourth-order valence-electron chi connectivity index (χ4n) is 1.60. The summed E-state index contributed by atoms with van der Waals surface area (Å²) in [6.07, 6.45) is -6.04. The van der Waals surface area contributed by atoms with E-state index < -0.39 is 20.7 Å². The summed E-state index contributed by atoms with van der Waals surface area (Å²) >= 11 is 0. The Morgan fingerprint density at radius 3 is 2.06 bits per heavy atom. The standard InChI is InChI=1S/C9H19F3N2OSi/c1-16(2,3)15-8(9(10,11)12)14-6-4-13-5-7-14/h8,13H,4-7H2,1-3H3. The number of hydrogen-bond acceptors (Lipinski definition) is 3. The highest BCUT2D eigenvalue weighted by Crippen LogP contribution is 2.28. The molecule has 1 aliphatic rings.